The van der Waals surface area contributed by atoms with Gasteiger partial charge in [-0.1, -0.05) is 6.07 Å². The Kier molecular flexibility index (Phi) is 4.02. The third-order valence-electron chi connectivity index (χ3n) is 3.20. The molecule has 2 rings (SSSR count). The number of benzene rings is 1. The van der Waals surface area contributed by atoms with E-state index in [2.05, 4.69) is 10.4 Å². The second kappa shape index (κ2) is 5.73. The van der Waals surface area contributed by atoms with Crippen LogP contribution in [0.5, 0.6) is 0 Å². The second-order valence-electron chi connectivity index (χ2n) is 4.77. The fraction of sp³-hybridized carbons (Fsp3) is 0.357. The molecular formula is C14H18N4O2. The SMILES string of the molecule is CCn1cc(C(C)Nc2cc(C)ccc2[N+](=O)[O-])cn1. The molecule has 0 aliphatic heterocycles. The number of aryl methyl sites for hydroxylation is 2. The molecule has 0 aliphatic rings. The predicted molar refractivity (Wildman–Crippen MR) is 77.8 cm³/mol. The number of aromatic nitrogens is 2. The van der Waals surface area contributed by atoms with E-state index in [-0.39, 0.29) is 16.7 Å². The Morgan fingerprint density at radius 1 is 1.50 bits per heavy atom. The van der Waals surface area contributed by atoms with Gasteiger partial charge in [-0.25, -0.2) is 0 Å². The van der Waals surface area contributed by atoms with Gasteiger partial charge in [0, 0.05) is 24.4 Å². The standard InChI is InChI=1S/C14H18N4O2/c1-4-17-9-12(8-15-17)11(3)16-13-7-10(2)5-6-14(13)18(19)20/h5-9,11,16H,4H2,1-3H3. The molecule has 0 aliphatic carbocycles. The molecule has 106 valence electrons. The van der Waals surface area contributed by atoms with Crippen molar-refractivity contribution in [3.63, 3.8) is 0 Å². The molecule has 0 radical (unpaired) electrons. The second-order valence-corrected chi connectivity index (χ2v) is 4.77. The largest absolute Gasteiger partial charge is 0.373 e. The molecule has 1 unspecified atom stereocenters. The third kappa shape index (κ3) is 2.96. The molecule has 1 atom stereocenters. The summed E-state index contributed by atoms with van der Waals surface area (Å²) < 4.78 is 1.83. The van der Waals surface area contributed by atoms with Gasteiger partial charge in [-0.2, -0.15) is 5.10 Å². The summed E-state index contributed by atoms with van der Waals surface area (Å²) in [6.45, 7) is 6.69. The zero-order chi connectivity index (χ0) is 14.7. The van der Waals surface area contributed by atoms with E-state index in [1.807, 2.05) is 31.6 Å². The van der Waals surface area contributed by atoms with Gasteiger partial charge >= 0.3 is 0 Å². The van der Waals surface area contributed by atoms with Crippen LogP contribution in [-0.2, 0) is 6.54 Å². The van der Waals surface area contributed by atoms with E-state index in [4.69, 9.17) is 0 Å². The number of nitro benzene ring substituents is 1. The molecule has 6 heteroatoms. The van der Waals surface area contributed by atoms with Crippen LogP contribution in [0.4, 0.5) is 11.4 Å². The predicted octanol–water partition coefficient (Wildman–Crippen LogP) is 3.29. The minimum atomic E-state index is -0.371. The average molecular weight is 274 g/mol. The molecule has 0 bridgehead atoms. The molecule has 0 fully saturated rings. The summed E-state index contributed by atoms with van der Waals surface area (Å²) in [6.07, 6.45) is 3.72. The van der Waals surface area contributed by atoms with Crippen LogP contribution in [0.1, 0.15) is 31.0 Å². The summed E-state index contributed by atoms with van der Waals surface area (Å²) in [5.41, 5.74) is 2.61. The topological polar surface area (TPSA) is 73.0 Å². The van der Waals surface area contributed by atoms with Crippen molar-refractivity contribution in [1.29, 1.82) is 0 Å². The van der Waals surface area contributed by atoms with Crippen LogP contribution in [0, 0.1) is 17.0 Å². The lowest BCUT2D eigenvalue weighted by Crippen LogP contribution is -2.08. The Labute approximate surface area is 117 Å². The number of nitrogens with one attached hydrogen (secondary N) is 1. The van der Waals surface area contributed by atoms with Crippen molar-refractivity contribution in [2.24, 2.45) is 0 Å². The Morgan fingerprint density at radius 2 is 2.25 bits per heavy atom. The van der Waals surface area contributed by atoms with Gasteiger partial charge in [-0.3, -0.25) is 14.8 Å². The van der Waals surface area contributed by atoms with E-state index in [0.29, 0.717) is 5.69 Å². The van der Waals surface area contributed by atoms with Crippen molar-refractivity contribution in [3.05, 3.63) is 51.8 Å². The number of nitrogens with zero attached hydrogens (tertiary/aromatic N) is 3. The molecule has 1 aromatic carbocycles. The minimum Gasteiger partial charge on any atom is -0.373 e. The average Bonchev–Trinajstić information content (AvgIpc) is 2.87. The summed E-state index contributed by atoms with van der Waals surface area (Å²) in [5, 5.41) is 18.5. The Hall–Kier alpha value is -2.37. The fourth-order valence-electron chi connectivity index (χ4n) is 2.02. The van der Waals surface area contributed by atoms with E-state index in [1.54, 1.807) is 18.3 Å². The van der Waals surface area contributed by atoms with Crippen molar-refractivity contribution in [3.8, 4) is 0 Å². The van der Waals surface area contributed by atoms with Crippen LogP contribution in [0.15, 0.2) is 30.6 Å². The number of anilines is 1. The third-order valence-corrected chi connectivity index (χ3v) is 3.20. The summed E-state index contributed by atoms with van der Waals surface area (Å²) >= 11 is 0. The highest BCUT2D eigenvalue weighted by Gasteiger charge is 2.16. The lowest BCUT2D eigenvalue weighted by atomic mass is 10.1. The highest BCUT2D eigenvalue weighted by Crippen LogP contribution is 2.28. The summed E-state index contributed by atoms with van der Waals surface area (Å²) in [6, 6.07) is 5.01. The van der Waals surface area contributed by atoms with Gasteiger partial charge in [-0.05, 0) is 32.4 Å². The van der Waals surface area contributed by atoms with Gasteiger partial charge in [0.1, 0.15) is 5.69 Å². The van der Waals surface area contributed by atoms with E-state index >= 15 is 0 Å². The Morgan fingerprint density at radius 3 is 2.85 bits per heavy atom. The minimum absolute atomic E-state index is 0.0456. The molecular weight excluding hydrogens is 256 g/mol. The van der Waals surface area contributed by atoms with E-state index in [9.17, 15) is 10.1 Å². The van der Waals surface area contributed by atoms with Gasteiger partial charge in [0.15, 0.2) is 0 Å². The van der Waals surface area contributed by atoms with Gasteiger partial charge in [0.05, 0.1) is 17.2 Å². The maximum absolute atomic E-state index is 11.1. The number of nitro groups is 1. The van der Waals surface area contributed by atoms with Crippen LogP contribution in [0.2, 0.25) is 0 Å². The number of rotatable bonds is 5. The van der Waals surface area contributed by atoms with Crippen molar-refractivity contribution in [2.45, 2.75) is 33.4 Å². The van der Waals surface area contributed by atoms with Gasteiger partial charge < -0.3 is 5.32 Å². The Balaban J connectivity index is 2.24. The van der Waals surface area contributed by atoms with Crippen molar-refractivity contribution in [2.75, 3.05) is 5.32 Å². The highest BCUT2D eigenvalue weighted by molar-refractivity contribution is 5.63. The quantitative estimate of drug-likeness (QED) is 0.670. The maximum atomic E-state index is 11.1. The zero-order valence-electron chi connectivity index (χ0n) is 11.8. The van der Waals surface area contributed by atoms with Crippen LogP contribution >= 0.6 is 0 Å². The zero-order valence-corrected chi connectivity index (χ0v) is 11.8. The highest BCUT2D eigenvalue weighted by atomic mass is 16.6. The molecule has 6 nitrogen and oxygen atoms in total. The van der Waals surface area contributed by atoms with Gasteiger partial charge in [-0.15, -0.1) is 0 Å². The van der Waals surface area contributed by atoms with Gasteiger partial charge in [0.2, 0.25) is 0 Å². The first-order chi connectivity index (χ1) is 9.51. The summed E-state index contributed by atoms with van der Waals surface area (Å²) in [7, 11) is 0. The molecule has 20 heavy (non-hydrogen) atoms. The normalized spacial score (nSPS) is 12.2. The first-order valence-corrected chi connectivity index (χ1v) is 6.55. The molecule has 0 saturated heterocycles. The van der Waals surface area contributed by atoms with Crippen LogP contribution < -0.4 is 5.32 Å². The van der Waals surface area contributed by atoms with Crippen LogP contribution in [0.3, 0.4) is 0 Å². The van der Waals surface area contributed by atoms with Gasteiger partial charge in [0.25, 0.3) is 5.69 Å². The molecule has 0 saturated carbocycles. The lowest BCUT2D eigenvalue weighted by molar-refractivity contribution is -0.384. The smallest absolute Gasteiger partial charge is 0.292 e. The molecule has 1 heterocycles. The Bertz CT molecular complexity index is 621. The monoisotopic (exact) mass is 274 g/mol. The molecule has 1 N–H and O–H groups in total. The summed E-state index contributed by atoms with van der Waals surface area (Å²) in [5.74, 6) is 0. The van der Waals surface area contributed by atoms with Crippen molar-refractivity contribution in [1.82, 2.24) is 9.78 Å². The van der Waals surface area contributed by atoms with Crippen LogP contribution in [0.25, 0.3) is 0 Å². The molecule has 1 aromatic heterocycles. The first-order valence-electron chi connectivity index (χ1n) is 6.55. The van der Waals surface area contributed by atoms with Crippen LogP contribution in [-0.4, -0.2) is 14.7 Å². The van der Waals surface area contributed by atoms with Crippen molar-refractivity contribution < 1.29 is 4.92 Å². The van der Waals surface area contributed by atoms with E-state index < -0.39 is 0 Å². The molecule has 2 aromatic rings. The maximum Gasteiger partial charge on any atom is 0.292 e. The van der Waals surface area contributed by atoms with E-state index in [0.717, 1.165) is 17.7 Å². The number of hydrogen-bond acceptors (Lipinski definition) is 4. The molecule has 0 amide bonds. The van der Waals surface area contributed by atoms with Crippen molar-refractivity contribution >= 4 is 11.4 Å². The number of hydrogen-bond donors (Lipinski definition) is 1. The molecule has 0 spiro atoms. The summed E-state index contributed by atoms with van der Waals surface area (Å²) in [4.78, 5) is 10.7. The first kappa shape index (κ1) is 14.0. The lowest BCUT2D eigenvalue weighted by Gasteiger charge is -2.14. The van der Waals surface area contributed by atoms with E-state index in [1.165, 1.54) is 6.07 Å². The fourth-order valence-corrected chi connectivity index (χ4v) is 2.02.